The molecule has 0 unspecified atom stereocenters. The van der Waals surface area contributed by atoms with Gasteiger partial charge in [-0.1, -0.05) is 0 Å². The zero-order valence-corrected chi connectivity index (χ0v) is 12.3. The van der Waals surface area contributed by atoms with E-state index in [1.165, 1.54) is 23.5 Å². The van der Waals surface area contributed by atoms with Crippen LogP contribution >= 0.6 is 0 Å². The molecule has 1 aliphatic carbocycles. The summed E-state index contributed by atoms with van der Waals surface area (Å²) in [7, 11) is -2.31. The molecule has 1 aromatic rings. The van der Waals surface area contributed by atoms with Crippen molar-refractivity contribution in [1.82, 2.24) is 4.31 Å². The minimum atomic E-state index is -3.84. The Labute approximate surface area is 122 Å². The van der Waals surface area contributed by atoms with E-state index >= 15 is 0 Å². The minimum absolute atomic E-state index is 0.00538. The summed E-state index contributed by atoms with van der Waals surface area (Å²) in [6, 6.07) is 3.63. The van der Waals surface area contributed by atoms with Crippen LogP contribution in [0.1, 0.15) is 12.8 Å². The number of hydrogen-bond donors (Lipinski definition) is 2. The molecule has 0 amide bonds. The molecule has 1 fully saturated rings. The number of hydrogen-bond acceptors (Lipinski definition) is 6. The summed E-state index contributed by atoms with van der Waals surface area (Å²) in [4.78, 5) is 10.3. The van der Waals surface area contributed by atoms with Crippen molar-refractivity contribution < 1.29 is 18.4 Å². The maximum absolute atomic E-state index is 12.6. The van der Waals surface area contributed by atoms with Gasteiger partial charge in [-0.25, -0.2) is 8.42 Å². The van der Waals surface area contributed by atoms with E-state index in [0.717, 1.165) is 18.9 Å². The molecule has 0 aromatic heterocycles. The van der Waals surface area contributed by atoms with Crippen molar-refractivity contribution in [2.45, 2.75) is 23.8 Å². The summed E-state index contributed by atoms with van der Waals surface area (Å²) in [6.07, 6.45) is 1.49. The van der Waals surface area contributed by atoms with Crippen LogP contribution in [0.3, 0.4) is 0 Å². The van der Waals surface area contributed by atoms with Crippen molar-refractivity contribution in [2.24, 2.45) is 0 Å². The fraction of sp³-hybridized carbons (Fsp3) is 0.500. The van der Waals surface area contributed by atoms with Crippen molar-refractivity contribution in [2.75, 3.05) is 25.5 Å². The van der Waals surface area contributed by atoms with E-state index < -0.39 is 14.9 Å². The van der Waals surface area contributed by atoms with Crippen LogP contribution in [-0.2, 0) is 10.0 Å². The molecule has 2 rings (SSSR count). The van der Waals surface area contributed by atoms with E-state index in [4.69, 9.17) is 5.11 Å². The molecule has 1 aliphatic rings. The van der Waals surface area contributed by atoms with Gasteiger partial charge in [0.15, 0.2) is 0 Å². The lowest BCUT2D eigenvalue weighted by Crippen LogP contribution is -2.35. The summed E-state index contributed by atoms with van der Waals surface area (Å²) in [5, 5.41) is 22.7. The molecule has 1 saturated carbocycles. The van der Waals surface area contributed by atoms with Gasteiger partial charge in [-0.15, -0.1) is 0 Å². The van der Waals surface area contributed by atoms with Gasteiger partial charge in [-0.3, -0.25) is 10.1 Å². The molecule has 2 N–H and O–H groups in total. The molecule has 21 heavy (non-hydrogen) atoms. The SMILES string of the molecule is CNc1ccc(S(=O)(=O)N(CCO)C2CC2)cc1[N+](=O)[O-]. The van der Waals surface area contributed by atoms with Crippen LogP contribution in [0.5, 0.6) is 0 Å². The van der Waals surface area contributed by atoms with Gasteiger partial charge >= 0.3 is 0 Å². The van der Waals surface area contributed by atoms with E-state index in [-0.39, 0.29) is 35.5 Å². The zero-order chi connectivity index (χ0) is 15.6. The predicted octanol–water partition coefficient (Wildman–Crippen LogP) is 0.782. The number of anilines is 1. The number of nitrogens with zero attached hydrogens (tertiary/aromatic N) is 2. The van der Waals surface area contributed by atoms with Crippen molar-refractivity contribution in [3.63, 3.8) is 0 Å². The maximum Gasteiger partial charge on any atom is 0.293 e. The number of benzene rings is 1. The van der Waals surface area contributed by atoms with Gasteiger partial charge in [0, 0.05) is 25.7 Å². The number of aliphatic hydroxyl groups is 1. The monoisotopic (exact) mass is 315 g/mol. The van der Waals surface area contributed by atoms with Crippen molar-refractivity contribution in [3.05, 3.63) is 28.3 Å². The van der Waals surface area contributed by atoms with E-state index in [1.807, 2.05) is 0 Å². The predicted molar refractivity (Wildman–Crippen MR) is 76.6 cm³/mol. The summed E-state index contributed by atoms with van der Waals surface area (Å²) in [5.74, 6) is 0. The van der Waals surface area contributed by atoms with E-state index in [2.05, 4.69) is 5.32 Å². The third kappa shape index (κ3) is 3.14. The van der Waals surface area contributed by atoms with Crippen LogP contribution in [0.25, 0.3) is 0 Å². The summed E-state index contributed by atoms with van der Waals surface area (Å²) in [5.41, 5.74) is -0.0441. The van der Waals surface area contributed by atoms with Crippen LogP contribution in [0, 0.1) is 10.1 Å². The molecular formula is C12H17N3O5S. The molecule has 116 valence electrons. The van der Waals surface area contributed by atoms with E-state index in [0.29, 0.717) is 0 Å². The fourth-order valence-corrected chi connectivity index (χ4v) is 3.83. The van der Waals surface area contributed by atoms with Crippen LogP contribution in [0.2, 0.25) is 0 Å². The summed E-state index contributed by atoms with van der Waals surface area (Å²) >= 11 is 0. The number of nitrogens with one attached hydrogen (secondary N) is 1. The maximum atomic E-state index is 12.6. The highest BCUT2D eigenvalue weighted by atomic mass is 32.2. The Hall–Kier alpha value is -1.71. The molecule has 8 nitrogen and oxygen atoms in total. The molecule has 0 bridgehead atoms. The first kappa shape index (κ1) is 15.7. The second-order valence-electron chi connectivity index (χ2n) is 4.76. The van der Waals surface area contributed by atoms with Crippen LogP contribution in [0.15, 0.2) is 23.1 Å². The second kappa shape index (κ2) is 5.96. The minimum Gasteiger partial charge on any atom is -0.395 e. The van der Waals surface area contributed by atoms with Gasteiger partial charge < -0.3 is 10.4 Å². The Morgan fingerprint density at radius 1 is 1.48 bits per heavy atom. The van der Waals surface area contributed by atoms with Crippen molar-refractivity contribution in [1.29, 1.82) is 0 Å². The first-order valence-electron chi connectivity index (χ1n) is 6.50. The molecule has 0 aliphatic heterocycles. The lowest BCUT2D eigenvalue weighted by atomic mass is 10.3. The second-order valence-corrected chi connectivity index (χ2v) is 6.65. The molecule has 0 heterocycles. The standard InChI is InChI=1S/C12H17N3O5S/c1-13-11-5-4-10(8-12(11)15(17)18)21(19,20)14(6-7-16)9-2-3-9/h4-5,8-9,13,16H,2-3,6-7H2,1H3. The number of rotatable bonds is 7. The Kier molecular flexibility index (Phi) is 4.45. The molecular weight excluding hydrogens is 298 g/mol. The summed E-state index contributed by atoms with van der Waals surface area (Å²) < 4.78 is 26.3. The zero-order valence-electron chi connectivity index (χ0n) is 11.5. The van der Waals surface area contributed by atoms with Crippen molar-refractivity contribution in [3.8, 4) is 0 Å². The van der Waals surface area contributed by atoms with Crippen LogP contribution < -0.4 is 5.32 Å². The van der Waals surface area contributed by atoms with Gasteiger partial charge in [-0.05, 0) is 25.0 Å². The quantitative estimate of drug-likeness (QED) is 0.568. The van der Waals surface area contributed by atoms with Crippen LogP contribution in [-0.4, -0.2) is 49.0 Å². The van der Waals surface area contributed by atoms with E-state index in [9.17, 15) is 18.5 Å². The number of nitro benzene ring substituents is 1. The molecule has 9 heteroatoms. The molecule has 0 atom stereocenters. The average molecular weight is 315 g/mol. The largest absolute Gasteiger partial charge is 0.395 e. The van der Waals surface area contributed by atoms with Gasteiger partial charge in [0.05, 0.1) is 16.4 Å². The Morgan fingerprint density at radius 2 is 2.14 bits per heavy atom. The lowest BCUT2D eigenvalue weighted by molar-refractivity contribution is -0.384. The van der Waals surface area contributed by atoms with Gasteiger partial charge in [0.25, 0.3) is 5.69 Å². The Balaban J connectivity index is 2.44. The average Bonchev–Trinajstić information content (AvgIpc) is 3.28. The topological polar surface area (TPSA) is 113 Å². The number of nitro groups is 1. The first-order chi connectivity index (χ1) is 9.91. The Bertz CT molecular complexity index is 642. The van der Waals surface area contributed by atoms with Crippen molar-refractivity contribution >= 4 is 21.4 Å². The highest BCUT2D eigenvalue weighted by Crippen LogP contribution is 2.34. The van der Waals surface area contributed by atoms with Gasteiger partial charge in [0.2, 0.25) is 10.0 Å². The van der Waals surface area contributed by atoms with Gasteiger partial charge in [0.1, 0.15) is 5.69 Å². The normalized spacial score (nSPS) is 15.2. The molecule has 1 aromatic carbocycles. The smallest absolute Gasteiger partial charge is 0.293 e. The molecule has 0 saturated heterocycles. The number of sulfonamides is 1. The van der Waals surface area contributed by atoms with E-state index in [1.54, 1.807) is 0 Å². The molecule has 0 radical (unpaired) electrons. The first-order valence-corrected chi connectivity index (χ1v) is 7.94. The van der Waals surface area contributed by atoms with Crippen LogP contribution in [0.4, 0.5) is 11.4 Å². The third-order valence-corrected chi connectivity index (χ3v) is 5.26. The molecule has 0 spiro atoms. The third-order valence-electron chi connectivity index (χ3n) is 3.32. The summed E-state index contributed by atoms with van der Waals surface area (Å²) in [6.45, 7) is -0.291. The highest BCUT2D eigenvalue weighted by Gasteiger charge is 2.38. The highest BCUT2D eigenvalue weighted by molar-refractivity contribution is 7.89. The van der Waals surface area contributed by atoms with Gasteiger partial charge in [-0.2, -0.15) is 4.31 Å². The fourth-order valence-electron chi connectivity index (χ4n) is 2.13. The Morgan fingerprint density at radius 3 is 2.62 bits per heavy atom. The number of aliphatic hydroxyl groups excluding tert-OH is 1. The lowest BCUT2D eigenvalue weighted by Gasteiger charge is -2.20.